The van der Waals surface area contributed by atoms with Gasteiger partial charge in [-0.05, 0) is 12.5 Å². The highest BCUT2D eigenvalue weighted by atomic mass is 35.5. The zero-order valence-electron chi connectivity index (χ0n) is 17.3. The predicted octanol–water partition coefficient (Wildman–Crippen LogP) is 2.20. The van der Waals surface area contributed by atoms with Crippen LogP contribution in [0, 0.1) is 0 Å². The van der Waals surface area contributed by atoms with Gasteiger partial charge < -0.3 is 20.5 Å². The fourth-order valence-electron chi connectivity index (χ4n) is 4.38. The first-order valence-corrected chi connectivity index (χ1v) is 11.1. The third-order valence-electron chi connectivity index (χ3n) is 6.02. The van der Waals surface area contributed by atoms with Gasteiger partial charge >= 0.3 is 0 Å². The maximum absolute atomic E-state index is 12.5. The van der Waals surface area contributed by atoms with Crippen molar-refractivity contribution in [3.63, 3.8) is 0 Å². The number of nitrogens with one attached hydrogen (secondary N) is 3. The van der Waals surface area contributed by atoms with Gasteiger partial charge in [0, 0.05) is 68.0 Å². The Hall–Kier alpha value is -2.68. The van der Waals surface area contributed by atoms with Gasteiger partial charge in [-0.15, -0.1) is 0 Å². The molecule has 2 fully saturated rings. The third-order valence-corrected chi connectivity index (χ3v) is 6.30. The van der Waals surface area contributed by atoms with E-state index >= 15 is 0 Å². The van der Waals surface area contributed by atoms with Crippen LogP contribution in [0.3, 0.4) is 0 Å². The second-order valence-electron chi connectivity index (χ2n) is 8.13. The molecular formula is C22H26ClN7O. The lowest BCUT2D eigenvalue weighted by Crippen LogP contribution is -2.49. The molecule has 0 aliphatic carbocycles. The highest BCUT2D eigenvalue weighted by Crippen LogP contribution is 2.32. The fraction of sp³-hybridized carbons (Fsp3) is 0.409. The molecule has 2 aliphatic heterocycles. The number of hydrogen-bond acceptors (Lipinski definition) is 6. The number of halogens is 1. The molecule has 0 radical (unpaired) electrons. The second-order valence-corrected chi connectivity index (χ2v) is 8.54. The van der Waals surface area contributed by atoms with Crippen LogP contribution in [0.4, 0.5) is 5.95 Å². The van der Waals surface area contributed by atoms with Gasteiger partial charge in [-0.25, -0.2) is 9.97 Å². The maximum atomic E-state index is 12.5. The molecule has 0 spiro atoms. The van der Waals surface area contributed by atoms with Crippen molar-refractivity contribution in [2.45, 2.75) is 12.5 Å². The number of hydrogen-bond donors (Lipinski definition) is 3. The van der Waals surface area contributed by atoms with Crippen molar-refractivity contribution in [1.29, 1.82) is 0 Å². The van der Waals surface area contributed by atoms with Crippen molar-refractivity contribution in [2.75, 3.05) is 51.1 Å². The SMILES string of the molecule is O=C(CN1CC[C@@H](Nc2ncc(Cl)c(-c3c[nH]c4ccccc34)n2)C1)N1CCNCC1. The lowest BCUT2D eigenvalue weighted by Gasteiger charge is -2.29. The topological polar surface area (TPSA) is 89.2 Å². The molecule has 8 nitrogen and oxygen atoms in total. The molecule has 1 aromatic carbocycles. The first-order chi connectivity index (χ1) is 15.2. The molecule has 0 saturated carbocycles. The molecule has 31 heavy (non-hydrogen) atoms. The molecule has 4 heterocycles. The molecular weight excluding hydrogens is 414 g/mol. The number of aromatic nitrogens is 3. The highest BCUT2D eigenvalue weighted by molar-refractivity contribution is 6.33. The molecule has 2 aliphatic rings. The monoisotopic (exact) mass is 439 g/mol. The number of piperazine rings is 1. The number of benzene rings is 1. The second kappa shape index (κ2) is 8.82. The number of anilines is 1. The Kier molecular flexibility index (Phi) is 5.76. The lowest BCUT2D eigenvalue weighted by molar-refractivity contribution is -0.132. The van der Waals surface area contributed by atoms with Gasteiger partial charge in [0.25, 0.3) is 0 Å². The van der Waals surface area contributed by atoms with E-state index in [-0.39, 0.29) is 11.9 Å². The van der Waals surface area contributed by atoms with E-state index in [2.05, 4.69) is 31.6 Å². The van der Waals surface area contributed by atoms with Crippen LogP contribution >= 0.6 is 11.6 Å². The molecule has 5 rings (SSSR count). The number of carbonyl (C=O) groups is 1. The number of fused-ring (bicyclic) bond motifs is 1. The summed E-state index contributed by atoms with van der Waals surface area (Å²) in [4.78, 5) is 29.1. The summed E-state index contributed by atoms with van der Waals surface area (Å²) in [6.45, 7) is 5.50. The minimum absolute atomic E-state index is 0.202. The molecule has 0 bridgehead atoms. The normalized spacial score (nSPS) is 19.8. The van der Waals surface area contributed by atoms with E-state index in [1.807, 2.05) is 29.3 Å². The highest BCUT2D eigenvalue weighted by Gasteiger charge is 2.27. The van der Waals surface area contributed by atoms with Gasteiger partial charge in [-0.2, -0.15) is 0 Å². The molecule has 0 unspecified atom stereocenters. The van der Waals surface area contributed by atoms with Crippen LogP contribution in [-0.2, 0) is 4.79 Å². The fourth-order valence-corrected chi connectivity index (χ4v) is 4.57. The number of H-pyrrole nitrogens is 1. The zero-order valence-corrected chi connectivity index (χ0v) is 18.0. The van der Waals surface area contributed by atoms with E-state index in [9.17, 15) is 4.79 Å². The number of carbonyl (C=O) groups excluding carboxylic acids is 1. The molecule has 1 amide bonds. The average Bonchev–Trinajstić information content (AvgIpc) is 3.42. The van der Waals surface area contributed by atoms with Crippen LogP contribution in [0.1, 0.15) is 6.42 Å². The Morgan fingerprint density at radius 1 is 1.23 bits per heavy atom. The third kappa shape index (κ3) is 4.37. The largest absolute Gasteiger partial charge is 0.360 e. The Bertz CT molecular complexity index is 1080. The molecule has 2 saturated heterocycles. The minimum atomic E-state index is 0.202. The summed E-state index contributed by atoms with van der Waals surface area (Å²) in [5, 5.41) is 8.31. The van der Waals surface area contributed by atoms with Gasteiger partial charge in [0.15, 0.2) is 0 Å². The number of rotatable bonds is 5. The predicted molar refractivity (Wildman–Crippen MR) is 122 cm³/mol. The van der Waals surface area contributed by atoms with Crippen LogP contribution in [0.15, 0.2) is 36.7 Å². The Morgan fingerprint density at radius 2 is 2.06 bits per heavy atom. The first-order valence-electron chi connectivity index (χ1n) is 10.7. The first kappa shape index (κ1) is 20.2. The number of para-hydroxylation sites is 1. The van der Waals surface area contributed by atoms with Crippen LogP contribution in [0.2, 0.25) is 5.02 Å². The van der Waals surface area contributed by atoms with Crippen molar-refractivity contribution in [3.8, 4) is 11.3 Å². The average molecular weight is 440 g/mol. The van der Waals surface area contributed by atoms with E-state index in [0.717, 1.165) is 62.2 Å². The number of nitrogens with zero attached hydrogens (tertiary/aromatic N) is 4. The Morgan fingerprint density at radius 3 is 2.94 bits per heavy atom. The zero-order chi connectivity index (χ0) is 21.2. The number of amides is 1. The molecule has 3 aromatic rings. The van der Waals surface area contributed by atoms with Crippen molar-refractivity contribution in [2.24, 2.45) is 0 Å². The summed E-state index contributed by atoms with van der Waals surface area (Å²) in [6.07, 6.45) is 4.53. The van der Waals surface area contributed by atoms with E-state index in [4.69, 9.17) is 16.6 Å². The van der Waals surface area contributed by atoms with Crippen molar-refractivity contribution >= 4 is 34.4 Å². The van der Waals surface area contributed by atoms with Crippen LogP contribution in [0.25, 0.3) is 22.2 Å². The van der Waals surface area contributed by atoms with Gasteiger partial charge in [0.05, 0.1) is 23.5 Å². The summed E-state index contributed by atoms with van der Waals surface area (Å²) in [5.74, 6) is 0.775. The number of aromatic amines is 1. The Labute approximate surface area is 186 Å². The van der Waals surface area contributed by atoms with Crippen molar-refractivity contribution in [3.05, 3.63) is 41.7 Å². The summed E-state index contributed by atoms with van der Waals surface area (Å²) < 4.78 is 0. The molecule has 2 aromatic heterocycles. The van der Waals surface area contributed by atoms with Crippen molar-refractivity contribution < 1.29 is 4.79 Å². The van der Waals surface area contributed by atoms with E-state index in [1.165, 1.54) is 0 Å². The van der Waals surface area contributed by atoms with Gasteiger partial charge in [-0.1, -0.05) is 29.8 Å². The summed E-state index contributed by atoms with van der Waals surface area (Å²) in [6, 6.07) is 8.28. The minimum Gasteiger partial charge on any atom is -0.360 e. The molecule has 1 atom stereocenters. The van der Waals surface area contributed by atoms with Gasteiger partial charge in [0.2, 0.25) is 11.9 Å². The number of likely N-dealkylation sites (tertiary alicyclic amines) is 1. The van der Waals surface area contributed by atoms with E-state index in [1.54, 1.807) is 6.20 Å². The van der Waals surface area contributed by atoms with Gasteiger partial charge in [0.1, 0.15) is 0 Å². The van der Waals surface area contributed by atoms with Crippen LogP contribution in [-0.4, -0.2) is 82.5 Å². The van der Waals surface area contributed by atoms with Crippen LogP contribution < -0.4 is 10.6 Å². The smallest absolute Gasteiger partial charge is 0.236 e. The quantitative estimate of drug-likeness (QED) is 0.564. The van der Waals surface area contributed by atoms with Gasteiger partial charge in [-0.3, -0.25) is 9.69 Å². The standard InChI is InChI=1S/C22H26ClN7O/c23-18-12-26-22(28-21(18)17-11-25-19-4-2-1-3-16(17)19)27-15-5-8-29(13-15)14-20(31)30-9-6-24-7-10-30/h1-4,11-12,15,24-25H,5-10,13-14H2,(H,26,27,28)/t15-/m1/s1. The summed E-state index contributed by atoms with van der Waals surface area (Å²) in [5.41, 5.74) is 2.71. The molecule has 162 valence electrons. The van der Waals surface area contributed by atoms with E-state index < -0.39 is 0 Å². The summed E-state index contributed by atoms with van der Waals surface area (Å²) in [7, 11) is 0. The molecule has 3 N–H and O–H groups in total. The summed E-state index contributed by atoms with van der Waals surface area (Å²) >= 11 is 6.44. The Balaban J connectivity index is 1.25. The molecule has 9 heteroatoms. The maximum Gasteiger partial charge on any atom is 0.236 e. The van der Waals surface area contributed by atoms with E-state index in [0.29, 0.717) is 23.2 Å². The van der Waals surface area contributed by atoms with Crippen molar-refractivity contribution in [1.82, 2.24) is 30.1 Å². The lowest BCUT2D eigenvalue weighted by atomic mass is 10.1. The van der Waals surface area contributed by atoms with Crippen LogP contribution in [0.5, 0.6) is 0 Å².